The zero-order chi connectivity index (χ0) is 21.8. The number of rotatable bonds is 8. The number of benzene rings is 2. The molecule has 0 saturated carbocycles. The molecule has 4 rings (SSSR count). The first-order valence-corrected chi connectivity index (χ1v) is 10.4. The SMILES string of the molecule is COc1cccc(CCn2cnc(N)c3nc(Sc4cc(OC)ccc4OC)nc2-3)c1. The van der Waals surface area contributed by atoms with Crippen molar-refractivity contribution in [2.75, 3.05) is 27.1 Å². The first-order chi connectivity index (χ1) is 15.1. The summed E-state index contributed by atoms with van der Waals surface area (Å²) in [6.45, 7) is 0.683. The Labute approximate surface area is 184 Å². The zero-order valence-electron chi connectivity index (χ0n) is 17.5. The molecule has 0 fully saturated rings. The van der Waals surface area contributed by atoms with Crippen molar-refractivity contribution in [1.29, 1.82) is 0 Å². The first-order valence-electron chi connectivity index (χ1n) is 9.62. The second kappa shape index (κ2) is 9.13. The average molecular weight is 438 g/mol. The number of aryl methyl sites for hydroxylation is 2. The van der Waals surface area contributed by atoms with E-state index in [0.29, 0.717) is 29.0 Å². The summed E-state index contributed by atoms with van der Waals surface area (Å²) >= 11 is 1.39. The number of nitrogens with two attached hydrogens (primary N) is 1. The van der Waals surface area contributed by atoms with Crippen molar-refractivity contribution in [2.24, 2.45) is 0 Å². The number of hydrogen-bond acceptors (Lipinski definition) is 8. The summed E-state index contributed by atoms with van der Waals surface area (Å²) in [4.78, 5) is 14.5. The highest BCUT2D eigenvalue weighted by Crippen LogP contribution is 2.38. The minimum Gasteiger partial charge on any atom is -0.497 e. The van der Waals surface area contributed by atoms with Crippen molar-refractivity contribution < 1.29 is 14.2 Å². The second-order valence-corrected chi connectivity index (χ2v) is 7.73. The van der Waals surface area contributed by atoms with Gasteiger partial charge in [-0.1, -0.05) is 12.1 Å². The van der Waals surface area contributed by atoms with E-state index in [9.17, 15) is 0 Å². The van der Waals surface area contributed by atoms with Gasteiger partial charge in [0.25, 0.3) is 0 Å². The van der Waals surface area contributed by atoms with Crippen LogP contribution in [-0.2, 0) is 13.0 Å². The molecule has 2 aromatic rings. The van der Waals surface area contributed by atoms with Gasteiger partial charge >= 0.3 is 0 Å². The molecule has 31 heavy (non-hydrogen) atoms. The minimum atomic E-state index is 0.351. The lowest BCUT2D eigenvalue weighted by Crippen LogP contribution is -2.10. The summed E-state index contributed by atoms with van der Waals surface area (Å²) in [5, 5.41) is 0.566. The molecule has 9 heteroatoms. The van der Waals surface area contributed by atoms with Crippen LogP contribution in [-0.4, -0.2) is 40.8 Å². The topological polar surface area (TPSA) is 97.3 Å². The Bertz CT molecular complexity index is 1160. The molecule has 0 bridgehead atoms. The summed E-state index contributed by atoms with van der Waals surface area (Å²) in [6.07, 6.45) is 2.49. The monoisotopic (exact) mass is 437 g/mol. The molecule has 0 aliphatic carbocycles. The summed E-state index contributed by atoms with van der Waals surface area (Å²) in [6, 6.07) is 13.6. The normalized spacial score (nSPS) is 10.9. The molecule has 2 heterocycles. The molecule has 2 aliphatic rings. The van der Waals surface area contributed by atoms with E-state index in [-0.39, 0.29) is 0 Å². The summed E-state index contributed by atoms with van der Waals surface area (Å²) in [5.74, 6) is 3.33. The third-order valence-electron chi connectivity index (χ3n) is 4.82. The third kappa shape index (κ3) is 4.51. The van der Waals surface area contributed by atoms with Gasteiger partial charge in [-0.3, -0.25) is 0 Å². The van der Waals surface area contributed by atoms with Gasteiger partial charge in [0, 0.05) is 6.54 Å². The zero-order valence-corrected chi connectivity index (χ0v) is 18.3. The Morgan fingerprint density at radius 3 is 2.55 bits per heavy atom. The van der Waals surface area contributed by atoms with Crippen molar-refractivity contribution in [3.63, 3.8) is 0 Å². The average Bonchev–Trinajstić information content (AvgIpc) is 3.23. The maximum absolute atomic E-state index is 6.08. The Morgan fingerprint density at radius 2 is 1.77 bits per heavy atom. The summed E-state index contributed by atoms with van der Waals surface area (Å²) in [5.41, 5.74) is 7.82. The number of methoxy groups -OCH3 is 3. The molecule has 2 aliphatic heterocycles. The van der Waals surface area contributed by atoms with Crippen LogP contribution in [0.15, 0.2) is 58.8 Å². The molecule has 2 aromatic carbocycles. The Morgan fingerprint density at radius 1 is 0.968 bits per heavy atom. The third-order valence-corrected chi connectivity index (χ3v) is 5.72. The van der Waals surface area contributed by atoms with E-state index < -0.39 is 0 Å². The van der Waals surface area contributed by atoms with Crippen molar-refractivity contribution in [3.8, 4) is 28.8 Å². The molecule has 2 N–H and O–H groups in total. The highest BCUT2D eigenvalue weighted by Gasteiger charge is 2.20. The Kier molecular flexibility index (Phi) is 6.13. The molecule has 0 spiro atoms. The van der Waals surface area contributed by atoms with Gasteiger partial charge in [-0.05, 0) is 54.1 Å². The predicted molar refractivity (Wildman–Crippen MR) is 119 cm³/mol. The van der Waals surface area contributed by atoms with Crippen LogP contribution >= 0.6 is 11.8 Å². The van der Waals surface area contributed by atoms with Gasteiger partial charge in [0.1, 0.15) is 17.2 Å². The molecule has 0 amide bonds. The number of anilines is 1. The van der Waals surface area contributed by atoms with E-state index in [1.54, 1.807) is 27.7 Å². The lowest BCUT2D eigenvalue weighted by Gasteiger charge is -2.11. The van der Waals surface area contributed by atoms with Gasteiger partial charge in [0.05, 0.1) is 32.6 Å². The van der Waals surface area contributed by atoms with Crippen LogP contribution in [0.25, 0.3) is 11.5 Å². The number of ether oxygens (including phenoxy) is 3. The van der Waals surface area contributed by atoms with Crippen molar-refractivity contribution >= 4 is 17.6 Å². The first kappa shape index (κ1) is 20.8. The largest absolute Gasteiger partial charge is 0.497 e. The number of nitrogen functional groups attached to an aromatic ring is 1. The van der Waals surface area contributed by atoms with E-state index >= 15 is 0 Å². The predicted octanol–water partition coefficient (Wildman–Crippen LogP) is 3.78. The molecule has 0 saturated heterocycles. The van der Waals surface area contributed by atoms with Crippen molar-refractivity contribution in [2.45, 2.75) is 23.0 Å². The molecular weight excluding hydrogens is 414 g/mol. The summed E-state index contributed by atoms with van der Waals surface area (Å²) < 4.78 is 18.1. The quantitative estimate of drug-likeness (QED) is 0.445. The molecule has 8 nitrogen and oxygen atoms in total. The number of imidazole rings is 1. The number of nitrogens with zero attached hydrogens (tertiary/aromatic N) is 4. The van der Waals surface area contributed by atoms with Crippen LogP contribution in [0.5, 0.6) is 17.2 Å². The Balaban J connectivity index is 1.61. The number of aromatic nitrogens is 4. The van der Waals surface area contributed by atoms with Gasteiger partial charge in [-0.25, -0.2) is 15.0 Å². The van der Waals surface area contributed by atoms with Gasteiger partial charge < -0.3 is 24.5 Å². The van der Waals surface area contributed by atoms with Crippen LogP contribution in [0.4, 0.5) is 5.82 Å². The fourth-order valence-electron chi connectivity index (χ4n) is 3.18. The van der Waals surface area contributed by atoms with E-state index in [2.05, 4.69) is 16.0 Å². The van der Waals surface area contributed by atoms with Gasteiger partial charge in [-0.2, -0.15) is 0 Å². The minimum absolute atomic E-state index is 0.351. The fourth-order valence-corrected chi connectivity index (χ4v) is 4.08. The molecule has 0 unspecified atom stereocenters. The van der Waals surface area contributed by atoms with Gasteiger partial charge in [0.2, 0.25) is 0 Å². The highest BCUT2D eigenvalue weighted by atomic mass is 32.2. The standard InChI is InChI=1S/C22H23N5O3S/c1-28-15-6-4-5-14(11-15)9-10-27-13-24-20(23)19-21(27)26-22(25-19)31-18-12-16(29-2)7-8-17(18)30-3/h4-8,11-13H,9-10,23H2,1-3H3. The maximum Gasteiger partial charge on any atom is 0.195 e. The van der Waals surface area contributed by atoms with Crippen molar-refractivity contribution in [1.82, 2.24) is 19.5 Å². The van der Waals surface area contributed by atoms with Crippen LogP contribution < -0.4 is 19.9 Å². The van der Waals surface area contributed by atoms with E-state index in [1.165, 1.54) is 11.8 Å². The molecule has 0 radical (unpaired) electrons. The van der Waals surface area contributed by atoms with E-state index in [1.807, 2.05) is 41.0 Å². The van der Waals surface area contributed by atoms with Crippen molar-refractivity contribution in [3.05, 3.63) is 54.4 Å². The Hall–Kier alpha value is -3.46. The fraction of sp³-hybridized carbons (Fsp3) is 0.227. The van der Waals surface area contributed by atoms with Gasteiger partial charge in [0.15, 0.2) is 22.5 Å². The van der Waals surface area contributed by atoms with E-state index in [4.69, 9.17) is 24.9 Å². The van der Waals surface area contributed by atoms with Gasteiger partial charge in [-0.15, -0.1) is 0 Å². The number of fused-ring (bicyclic) bond motifs is 1. The highest BCUT2D eigenvalue weighted by molar-refractivity contribution is 7.99. The maximum atomic E-state index is 6.08. The molecule has 0 atom stereocenters. The van der Waals surface area contributed by atoms with Crippen LogP contribution in [0.1, 0.15) is 5.56 Å². The number of hydrogen-bond donors (Lipinski definition) is 1. The second-order valence-electron chi connectivity index (χ2n) is 6.72. The van der Waals surface area contributed by atoms with Crippen LogP contribution in [0.3, 0.4) is 0 Å². The molecular formula is C22H23N5O3S. The van der Waals surface area contributed by atoms with E-state index in [0.717, 1.165) is 34.1 Å². The molecule has 0 aromatic heterocycles. The lowest BCUT2D eigenvalue weighted by molar-refractivity contribution is 0.394. The van der Waals surface area contributed by atoms with Crippen LogP contribution in [0.2, 0.25) is 0 Å². The lowest BCUT2D eigenvalue weighted by atomic mass is 10.1. The van der Waals surface area contributed by atoms with Crippen LogP contribution in [0, 0.1) is 0 Å². The smallest absolute Gasteiger partial charge is 0.195 e. The molecule has 160 valence electrons. The summed E-state index contributed by atoms with van der Waals surface area (Å²) in [7, 11) is 4.92.